The van der Waals surface area contributed by atoms with Crippen LogP contribution in [0.15, 0.2) is 24.3 Å². The molecule has 3 atom stereocenters. The zero-order chi connectivity index (χ0) is 11.8. The predicted molar refractivity (Wildman–Crippen MR) is 62.5 cm³/mol. The summed E-state index contributed by atoms with van der Waals surface area (Å²) in [5.74, 6) is 0.298. The lowest BCUT2D eigenvalue weighted by Crippen LogP contribution is -2.39. The molecule has 2 heteroatoms. The average molecular weight is 222 g/mol. The topological polar surface area (TPSA) is 20.2 Å². The van der Waals surface area contributed by atoms with Gasteiger partial charge in [0.1, 0.15) is 5.82 Å². The van der Waals surface area contributed by atoms with Gasteiger partial charge in [0.25, 0.3) is 0 Å². The van der Waals surface area contributed by atoms with E-state index < -0.39 is 5.60 Å². The molecule has 0 radical (unpaired) electrons. The summed E-state index contributed by atoms with van der Waals surface area (Å²) in [6.45, 7) is 4.13. The largest absolute Gasteiger partial charge is 0.385 e. The maximum atomic E-state index is 13.8. The lowest BCUT2D eigenvalue weighted by Gasteiger charge is -2.41. The van der Waals surface area contributed by atoms with E-state index in [2.05, 4.69) is 6.92 Å². The summed E-state index contributed by atoms with van der Waals surface area (Å²) in [5, 5.41) is 10.7. The second-order valence-corrected chi connectivity index (χ2v) is 5.19. The molecule has 0 aliphatic heterocycles. The molecule has 16 heavy (non-hydrogen) atoms. The highest BCUT2D eigenvalue weighted by atomic mass is 19.1. The van der Waals surface area contributed by atoms with Crippen LogP contribution in [0.25, 0.3) is 0 Å². The van der Waals surface area contributed by atoms with Crippen molar-refractivity contribution >= 4 is 0 Å². The summed E-state index contributed by atoms with van der Waals surface area (Å²) < 4.78 is 13.8. The molecule has 2 rings (SSSR count). The minimum Gasteiger partial charge on any atom is -0.385 e. The van der Waals surface area contributed by atoms with E-state index in [-0.39, 0.29) is 11.7 Å². The second-order valence-electron chi connectivity index (χ2n) is 5.19. The molecule has 0 heterocycles. The fourth-order valence-electron chi connectivity index (χ4n) is 2.80. The number of rotatable bonds is 1. The molecule has 0 bridgehead atoms. The van der Waals surface area contributed by atoms with E-state index in [0.29, 0.717) is 17.9 Å². The molecule has 1 N–H and O–H groups in total. The van der Waals surface area contributed by atoms with Crippen LogP contribution in [-0.4, -0.2) is 5.11 Å². The van der Waals surface area contributed by atoms with Crippen LogP contribution < -0.4 is 0 Å². The molecule has 1 aromatic rings. The van der Waals surface area contributed by atoms with E-state index in [0.717, 1.165) is 12.8 Å². The Morgan fingerprint density at radius 2 is 1.94 bits per heavy atom. The van der Waals surface area contributed by atoms with Gasteiger partial charge in [-0.1, -0.05) is 38.5 Å². The lowest BCUT2D eigenvalue weighted by atomic mass is 9.69. The summed E-state index contributed by atoms with van der Waals surface area (Å²) in [7, 11) is 0. The number of halogens is 1. The van der Waals surface area contributed by atoms with Crippen LogP contribution in [0.4, 0.5) is 4.39 Å². The van der Waals surface area contributed by atoms with Gasteiger partial charge in [-0.05, 0) is 30.7 Å². The van der Waals surface area contributed by atoms with Crippen LogP contribution in [0.2, 0.25) is 0 Å². The van der Waals surface area contributed by atoms with E-state index in [9.17, 15) is 9.50 Å². The van der Waals surface area contributed by atoms with Crippen molar-refractivity contribution in [2.24, 2.45) is 11.8 Å². The summed E-state index contributed by atoms with van der Waals surface area (Å²) in [4.78, 5) is 0. The highest BCUT2D eigenvalue weighted by Crippen LogP contribution is 2.44. The molecule has 88 valence electrons. The molecule has 1 aromatic carbocycles. The quantitative estimate of drug-likeness (QED) is 0.771. The first-order chi connectivity index (χ1) is 7.54. The van der Waals surface area contributed by atoms with Gasteiger partial charge in [0.2, 0.25) is 0 Å². The average Bonchev–Trinajstić information content (AvgIpc) is 2.24. The Morgan fingerprint density at radius 3 is 2.62 bits per heavy atom. The molecule has 0 spiro atoms. The Kier molecular flexibility index (Phi) is 3.02. The van der Waals surface area contributed by atoms with E-state index in [4.69, 9.17) is 0 Å². The van der Waals surface area contributed by atoms with Crippen molar-refractivity contribution in [1.82, 2.24) is 0 Å². The second kappa shape index (κ2) is 4.17. The maximum Gasteiger partial charge on any atom is 0.129 e. The van der Waals surface area contributed by atoms with Crippen LogP contribution in [0.3, 0.4) is 0 Å². The van der Waals surface area contributed by atoms with E-state index in [1.807, 2.05) is 6.92 Å². The SMILES string of the molecule is CC1CCC(C)C(O)(c2ccccc2F)C1. The first kappa shape index (κ1) is 11.6. The predicted octanol–water partition coefficient (Wildman–Crippen LogP) is 3.47. The number of aliphatic hydroxyl groups is 1. The van der Waals surface area contributed by atoms with Gasteiger partial charge in [-0.15, -0.1) is 0 Å². The summed E-state index contributed by atoms with van der Waals surface area (Å²) in [6.07, 6.45) is 2.75. The van der Waals surface area contributed by atoms with Crippen LogP contribution in [0.5, 0.6) is 0 Å². The van der Waals surface area contributed by atoms with Crippen molar-refractivity contribution in [3.8, 4) is 0 Å². The standard InChI is InChI=1S/C14H19FO/c1-10-7-8-11(2)14(16,9-10)12-5-3-4-6-13(12)15/h3-6,10-11,16H,7-9H2,1-2H3. The number of hydrogen-bond donors (Lipinski definition) is 1. The third-order valence-electron chi connectivity index (χ3n) is 3.91. The summed E-state index contributed by atoms with van der Waals surface area (Å²) in [6, 6.07) is 6.60. The smallest absolute Gasteiger partial charge is 0.129 e. The molecule has 1 saturated carbocycles. The van der Waals surface area contributed by atoms with Gasteiger partial charge < -0.3 is 5.11 Å². The third-order valence-corrected chi connectivity index (χ3v) is 3.91. The molecule has 1 aliphatic rings. The van der Waals surface area contributed by atoms with Gasteiger partial charge in [-0.3, -0.25) is 0 Å². The highest BCUT2D eigenvalue weighted by Gasteiger charge is 2.41. The Balaban J connectivity index is 2.40. The lowest BCUT2D eigenvalue weighted by molar-refractivity contribution is -0.0651. The Morgan fingerprint density at radius 1 is 1.25 bits per heavy atom. The highest BCUT2D eigenvalue weighted by molar-refractivity contribution is 5.25. The zero-order valence-electron chi connectivity index (χ0n) is 9.91. The molecule has 1 nitrogen and oxygen atoms in total. The molecule has 1 aliphatic carbocycles. The zero-order valence-corrected chi connectivity index (χ0v) is 9.91. The van der Waals surface area contributed by atoms with Gasteiger partial charge in [0.15, 0.2) is 0 Å². The van der Waals surface area contributed by atoms with Crippen molar-refractivity contribution in [3.05, 3.63) is 35.6 Å². The van der Waals surface area contributed by atoms with Gasteiger partial charge in [-0.25, -0.2) is 4.39 Å². The van der Waals surface area contributed by atoms with Gasteiger partial charge in [-0.2, -0.15) is 0 Å². The van der Waals surface area contributed by atoms with Gasteiger partial charge in [0.05, 0.1) is 5.60 Å². The molecular weight excluding hydrogens is 203 g/mol. The fourth-order valence-corrected chi connectivity index (χ4v) is 2.80. The van der Waals surface area contributed by atoms with Crippen molar-refractivity contribution in [1.29, 1.82) is 0 Å². The maximum absolute atomic E-state index is 13.8. The molecule has 3 unspecified atom stereocenters. The van der Waals surface area contributed by atoms with E-state index in [1.165, 1.54) is 6.07 Å². The van der Waals surface area contributed by atoms with Crippen LogP contribution >= 0.6 is 0 Å². The minimum atomic E-state index is -0.983. The van der Waals surface area contributed by atoms with Crippen LogP contribution in [0.1, 0.15) is 38.7 Å². The molecule has 1 fully saturated rings. The number of hydrogen-bond acceptors (Lipinski definition) is 1. The van der Waals surface area contributed by atoms with Crippen molar-refractivity contribution in [3.63, 3.8) is 0 Å². The molecular formula is C14H19FO. The molecule has 0 amide bonds. The number of benzene rings is 1. The first-order valence-electron chi connectivity index (χ1n) is 6.01. The van der Waals surface area contributed by atoms with Gasteiger partial charge in [0, 0.05) is 5.56 Å². The fraction of sp³-hybridized carbons (Fsp3) is 0.571. The molecule has 0 aromatic heterocycles. The molecule has 0 saturated heterocycles. The Hall–Kier alpha value is -0.890. The summed E-state index contributed by atoms with van der Waals surface area (Å²) in [5.41, 5.74) is -0.516. The van der Waals surface area contributed by atoms with Crippen LogP contribution in [0, 0.1) is 17.7 Å². The van der Waals surface area contributed by atoms with E-state index in [1.54, 1.807) is 18.2 Å². The minimum absolute atomic E-state index is 0.126. The van der Waals surface area contributed by atoms with Crippen LogP contribution in [-0.2, 0) is 5.60 Å². The first-order valence-corrected chi connectivity index (χ1v) is 6.01. The third kappa shape index (κ3) is 1.86. The Bertz CT molecular complexity index is 377. The van der Waals surface area contributed by atoms with Crippen molar-refractivity contribution in [2.75, 3.05) is 0 Å². The monoisotopic (exact) mass is 222 g/mol. The van der Waals surface area contributed by atoms with E-state index >= 15 is 0 Å². The normalized spacial score (nSPS) is 35.0. The van der Waals surface area contributed by atoms with Crippen molar-refractivity contribution < 1.29 is 9.50 Å². The van der Waals surface area contributed by atoms with Gasteiger partial charge >= 0.3 is 0 Å². The van der Waals surface area contributed by atoms with Crippen molar-refractivity contribution in [2.45, 2.75) is 38.7 Å². The Labute approximate surface area is 96.3 Å². The summed E-state index contributed by atoms with van der Waals surface area (Å²) >= 11 is 0.